The maximum atomic E-state index is 13.8. The zero-order chi connectivity index (χ0) is 28.2. The molecule has 1 spiro atoms. The van der Waals surface area contributed by atoms with E-state index in [1.807, 2.05) is 19.9 Å². The molecule has 2 aromatic heterocycles. The van der Waals surface area contributed by atoms with Crippen molar-refractivity contribution < 1.29 is 19.3 Å². The number of fused-ring (bicyclic) bond motifs is 1. The molecule has 40 heavy (non-hydrogen) atoms. The standard InChI is InChI=1S/C28H32ClFN6O3S/c1-27(2,38)16-13-36(14-16)26-23(29)21(5-8-32-26)40-22-12-33-25(19(15-37)34-22)35-9-6-28(7-10-35)24(31)18-11-17(30)3-4-20(18)39-28/h3-5,8,11-12,16,24,37-38H,6-7,9-10,13-15,31H2,1-2H3/t24-/m1/s1. The molecule has 6 rings (SSSR count). The van der Waals surface area contributed by atoms with Crippen LogP contribution in [-0.4, -0.2) is 62.5 Å². The SMILES string of the molecule is CC(C)(O)C1CN(c2nccc(Sc3cnc(N4CCC5(CC4)Oc4ccc(F)cc4[C@H]5N)c(CO)n3)c2Cl)C1. The van der Waals surface area contributed by atoms with Crippen LogP contribution in [0.25, 0.3) is 0 Å². The number of nitrogens with two attached hydrogens (primary N) is 1. The molecule has 0 saturated carbocycles. The van der Waals surface area contributed by atoms with Crippen molar-refractivity contribution in [1.82, 2.24) is 15.0 Å². The molecule has 2 saturated heterocycles. The van der Waals surface area contributed by atoms with Gasteiger partial charge in [0.25, 0.3) is 0 Å². The van der Waals surface area contributed by atoms with Crippen molar-refractivity contribution in [2.75, 3.05) is 36.0 Å². The minimum Gasteiger partial charge on any atom is -0.485 e. The first-order valence-electron chi connectivity index (χ1n) is 13.3. The average Bonchev–Trinajstić information content (AvgIpc) is 3.15. The Balaban J connectivity index is 1.14. The van der Waals surface area contributed by atoms with E-state index in [9.17, 15) is 14.6 Å². The van der Waals surface area contributed by atoms with Crippen molar-refractivity contribution in [1.29, 1.82) is 0 Å². The molecule has 3 aromatic rings. The molecule has 1 aromatic carbocycles. The van der Waals surface area contributed by atoms with Gasteiger partial charge in [0.1, 0.15) is 33.7 Å². The number of anilines is 2. The molecule has 212 valence electrons. The highest BCUT2D eigenvalue weighted by molar-refractivity contribution is 7.99. The van der Waals surface area contributed by atoms with Gasteiger partial charge >= 0.3 is 0 Å². The smallest absolute Gasteiger partial charge is 0.152 e. The number of pyridine rings is 1. The van der Waals surface area contributed by atoms with E-state index in [-0.39, 0.29) is 18.3 Å². The Bertz CT molecular complexity index is 1430. The second-order valence-electron chi connectivity index (χ2n) is 11.3. The van der Waals surface area contributed by atoms with E-state index in [2.05, 4.69) is 24.8 Å². The predicted octanol–water partition coefficient (Wildman–Crippen LogP) is 3.95. The summed E-state index contributed by atoms with van der Waals surface area (Å²) in [6, 6.07) is 5.92. The first-order chi connectivity index (χ1) is 19.1. The average molecular weight is 587 g/mol. The molecule has 3 aliphatic heterocycles. The number of rotatable bonds is 6. The van der Waals surface area contributed by atoms with E-state index < -0.39 is 17.2 Å². The van der Waals surface area contributed by atoms with Gasteiger partial charge in [-0.1, -0.05) is 23.4 Å². The quantitative estimate of drug-likeness (QED) is 0.391. The molecular formula is C28H32ClFN6O3S. The van der Waals surface area contributed by atoms with E-state index >= 15 is 0 Å². The van der Waals surface area contributed by atoms with Gasteiger partial charge in [0, 0.05) is 61.6 Å². The molecule has 5 heterocycles. The fraction of sp³-hybridized carbons (Fsp3) is 0.464. The monoisotopic (exact) mass is 586 g/mol. The van der Waals surface area contributed by atoms with E-state index in [1.165, 1.54) is 23.9 Å². The van der Waals surface area contributed by atoms with E-state index in [0.29, 0.717) is 77.7 Å². The summed E-state index contributed by atoms with van der Waals surface area (Å²) in [5.41, 5.74) is 6.37. The lowest BCUT2D eigenvalue weighted by atomic mass is 9.83. The van der Waals surface area contributed by atoms with Crippen LogP contribution in [0.2, 0.25) is 5.02 Å². The number of nitrogens with zero attached hydrogens (tertiary/aromatic N) is 5. The third-order valence-corrected chi connectivity index (χ3v) is 9.73. The maximum absolute atomic E-state index is 13.8. The third kappa shape index (κ3) is 4.87. The lowest BCUT2D eigenvalue weighted by molar-refractivity contribution is 0.00437. The predicted molar refractivity (Wildman–Crippen MR) is 151 cm³/mol. The molecule has 12 heteroatoms. The number of halogens is 2. The number of aliphatic hydroxyl groups excluding tert-OH is 1. The van der Waals surface area contributed by atoms with Crippen LogP contribution < -0.4 is 20.3 Å². The zero-order valence-electron chi connectivity index (χ0n) is 22.3. The molecule has 0 amide bonds. The Hall–Kier alpha value is -2.70. The fourth-order valence-corrected chi connectivity index (χ4v) is 6.82. The summed E-state index contributed by atoms with van der Waals surface area (Å²) in [6.07, 6.45) is 4.66. The number of aliphatic hydroxyl groups is 2. The molecule has 0 radical (unpaired) electrons. The molecule has 0 aliphatic carbocycles. The summed E-state index contributed by atoms with van der Waals surface area (Å²) >= 11 is 8.09. The largest absolute Gasteiger partial charge is 0.485 e. The van der Waals surface area contributed by atoms with Gasteiger partial charge in [-0.2, -0.15) is 0 Å². The summed E-state index contributed by atoms with van der Waals surface area (Å²) in [4.78, 5) is 18.7. The highest BCUT2D eigenvalue weighted by Crippen LogP contribution is 2.48. The van der Waals surface area contributed by atoms with Crippen LogP contribution in [0.1, 0.15) is 44.0 Å². The zero-order valence-corrected chi connectivity index (χ0v) is 23.9. The van der Waals surface area contributed by atoms with Gasteiger partial charge < -0.3 is 30.5 Å². The van der Waals surface area contributed by atoms with Gasteiger partial charge in [0.05, 0.1) is 29.5 Å². The molecule has 0 bridgehead atoms. The molecule has 1 atom stereocenters. The van der Waals surface area contributed by atoms with Crippen molar-refractivity contribution in [3.63, 3.8) is 0 Å². The lowest BCUT2D eigenvalue weighted by Crippen LogP contribution is -2.56. The van der Waals surface area contributed by atoms with Gasteiger partial charge in [0.15, 0.2) is 5.82 Å². The minimum atomic E-state index is -0.747. The van der Waals surface area contributed by atoms with Gasteiger partial charge in [-0.3, -0.25) is 0 Å². The number of hydrogen-bond donors (Lipinski definition) is 3. The van der Waals surface area contributed by atoms with Crippen molar-refractivity contribution in [3.05, 3.63) is 58.8 Å². The van der Waals surface area contributed by atoms with Gasteiger partial charge in [-0.15, -0.1) is 0 Å². The lowest BCUT2D eigenvalue weighted by Gasteiger charge is -2.46. The Morgan fingerprint density at radius 3 is 2.62 bits per heavy atom. The molecular weight excluding hydrogens is 555 g/mol. The second kappa shape index (κ2) is 10.3. The van der Waals surface area contributed by atoms with E-state index in [1.54, 1.807) is 18.5 Å². The van der Waals surface area contributed by atoms with Crippen LogP contribution in [0.4, 0.5) is 16.0 Å². The molecule has 2 fully saturated rings. The summed E-state index contributed by atoms with van der Waals surface area (Å²) < 4.78 is 20.1. The summed E-state index contributed by atoms with van der Waals surface area (Å²) in [5.74, 6) is 1.78. The van der Waals surface area contributed by atoms with E-state index in [4.69, 9.17) is 22.1 Å². The summed E-state index contributed by atoms with van der Waals surface area (Å²) in [6.45, 7) is 5.96. The summed E-state index contributed by atoms with van der Waals surface area (Å²) in [5, 5.41) is 21.5. The molecule has 3 aliphatic rings. The van der Waals surface area contributed by atoms with Crippen LogP contribution in [0.5, 0.6) is 5.75 Å². The van der Waals surface area contributed by atoms with E-state index in [0.717, 1.165) is 4.90 Å². The third-order valence-electron chi connectivity index (χ3n) is 8.28. The van der Waals surface area contributed by atoms with Crippen molar-refractivity contribution >= 4 is 35.0 Å². The number of piperidine rings is 1. The van der Waals surface area contributed by atoms with Gasteiger partial charge in [-0.25, -0.2) is 19.3 Å². The number of aromatic nitrogens is 3. The van der Waals surface area contributed by atoms with Gasteiger partial charge in [0.2, 0.25) is 0 Å². The number of benzene rings is 1. The molecule has 4 N–H and O–H groups in total. The highest BCUT2D eigenvalue weighted by Gasteiger charge is 2.49. The minimum absolute atomic E-state index is 0.158. The molecule has 0 unspecified atom stereocenters. The topological polar surface area (TPSA) is 121 Å². The van der Waals surface area contributed by atoms with Crippen LogP contribution >= 0.6 is 23.4 Å². The number of hydrogen-bond acceptors (Lipinski definition) is 10. The Morgan fingerprint density at radius 1 is 1.18 bits per heavy atom. The van der Waals surface area contributed by atoms with Crippen LogP contribution in [0.15, 0.2) is 46.6 Å². The Kier molecular flexibility index (Phi) is 7.07. The van der Waals surface area contributed by atoms with Crippen LogP contribution in [-0.2, 0) is 6.61 Å². The van der Waals surface area contributed by atoms with Crippen LogP contribution in [0, 0.1) is 11.7 Å². The van der Waals surface area contributed by atoms with Crippen molar-refractivity contribution in [2.24, 2.45) is 11.7 Å². The van der Waals surface area contributed by atoms with Gasteiger partial charge in [-0.05, 0) is 38.1 Å². The maximum Gasteiger partial charge on any atom is 0.152 e. The van der Waals surface area contributed by atoms with Crippen molar-refractivity contribution in [3.8, 4) is 5.75 Å². The van der Waals surface area contributed by atoms with Crippen molar-refractivity contribution in [2.45, 2.75) is 60.5 Å². The first kappa shape index (κ1) is 27.5. The fourth-order valence-electron chi connectivity index (χ4n) is 5.68. The highest BCUT2D eigenvalue weighted by atomic mass is 35.5. The number of ether oxygens (including phenoxy) is 1. The Labute approximate surface area is 241 Å². The Morgan fingerprint density at radius 2 is 1.93 bits per heavy atom. The summed E-state index contributed by atoms with van der Waals surface area (Å²) in [7, 11) is 0. The second-order valence-corrected chi connectivity index (χ2v) is 12.7. The first-order valence-corrected chi connectivity index (χ1v) is 14.5. The normalized spacial score (nSPS) is 20.4. The van der Waals surface area contributed by atoms with Crippen LogP contribution in [0.3, 0.4) is 0 Å². The molecule has 9 nitrogen and oxygen atoms in total.